The number of nitrogens with zero attached hydrogens (tertiary/aromatic N) is 2. The molecule has 0 aliphatic carbocycles. The van der Waals surface area contributed by atoms with Crippen LogP contribution in [0.15, 0.2) is 37.0 Å². The second-order valence-corrected chi connectivity index (χ2v) is 4.01. The zero-order valence-electron chi connectivity index (χ0n) is 11.6. The Hall–Kier alpha value is -1.83. The molecule has 0 atom stereocenters. The van der Waals surface area contributed by atoms with Crippen molar-refractivity contribution in [3.05, 3.63) is 54.2 Å². The highest BCUT2D eigenvalue weighted by Gasteiger charge is 2.08. The molecule has 0 saturated heterocycles. The minimum Gasteiger partial charge on any atom is -0.324 e. The van der Waals surface area contributed by atoms with Crippen LogP contribution in [0.4, 0.5) is 0 Å². The Morgan fingerprint density at radius 1 is 1.28 bits per heavy atom. The van der Waals surface area contributed by atoms with Gasteiger partial charge in [-0.05, 0) is 32.4 Å². The van der Waals surface area contributed by atoms with Crippen LogP contribution in [-0.4, -0.2) is 9.55 Å². The van der Waals surface area contributed by atoms with Crippen molar-refractivity contribution in [3.8, 4) is 0 Å². The van der Waals surface area contributed by atoms with E-state index in [4.69, 9.17) is 0 Å². The summed E-state index contributed by atoms with van der Waals surface area (Å²) in [5.41, 5.74) is 2.07. The monoisotopic (exact) mass is 242 g/mol. The Labute approximate surface area is 110 Å². The van der Waals surface area contributed by atoms with E-state index >= 15 is 0 Å². The maximum Gasteiger partial charge on any atom is 0.107 e. The Morgan fingerprint density at radius 2 is 2.00 bits per heavy atom. The molecule has 1 aromatic heterocycles. The molecule has 0 saturated carbocycles. The molecule has 18 heavy (non-hydrogen) atoms. The Bertz CT molecular complexity index is 474. The van der Waals surface area contributed by atoms with Crippen molar-refractivity contribution < 1.29 is 0 Å². The first-order chi connectivity index (χ1) is 8.74. The largest absolute Gasteiger partial charge is 0.324 e. The van der Waals surface area contributed by atoms with E-state index in [9.17, 15) is 0 Å². The zero-order chi connectivity index (χ0) is 13.4. The standard InChI is InChI=1S/C16H22N2/c1-5-8-9-10-11-13-18-14(4)17-15(12-6-2)16(18)7-3/h6-12H,3,5,13H2,1-2,4H3/b9-8-,11-10-,12-6-. The third kappa shape index (κ3) is 3.59. The van der Waals surface area contributed by atoms with Gasteiger partial charge in [0.15, 0.2) is 0 Å². The molecule has 1 heterocycles. The van der Waals surface area contributed by atoms with E-state index in [1.807, 2.05) is 32.1 Å². The van der Waals surface area contributed by atoms with Gasteiger partial charge in [0.25, 0.3) is 0 Å². The van der Waals surface area contributed by atoms with E-state index in [1.165, 1.54) is 0 Å². The average molecular weight is 242 g/mol. The fourth-order valence-electron chi connectivity index (χ4n) is 1.79. The number of hydrogen-bond donors (Lipinski definition) is 0. The minimum atomic E-state index is 0.825. The van der Waals surface area contributed by atoms with Gasteiger partial charge in [-0.3, -0.25) is 0 Å². The molecule has 0 bridgehead atoms. The van der Waals surface area contributed by atoms with Crippen LogP contribution in [0.1, 0.15) is 37.5 Å². The molecule has 0 N–H and O–H groups in total. The lowest BCUT2D eigenvalue weighted by Crippen LogP contribution is -2.00. The predicted octanol–water partition coefficient (Wildman–Crippen LogP) is 4.39. The molecule has 0 unspecified atom stereocenters. The number of imidazole rings is 1. The number of aryl methyl sites for hydroxylation is 1. The van der Waals surface area contributed by atoms with Crippen molar-refractivity contribution in [2.45, 2.75) is 33.7 Å². The molecule has 2 heteroatoms. The summed E-state index contributed by atoms with van der Waals surface area (Å²) in [5, 5.41) is 0. The van der Waals surface area contributed by atoms with Crippen molar-refractivity contribution in [3.63, 3.8) is 0 Å². The quantitative estimate of drug-likeness (QED) is 0.676. The van der Waals surface area contributed by atoms with Crippen LogP contribution < -0.4 is 0 Å². The highest BCUT2D eigenvalue weighted by atomic mass is 15.1. The van der Waals surface area contributed by atoms with Crippen molar-refractivity contribution in [1.82, 2.24) is 9.55 Å². The summed E-state index contributed by atoms with van der Waals surface area (Å²) < 4.78 is 2.17. The third-order valence-electron chi connectivity index (χ3n) is 2.65. The van der Waals surface area contributed by atoms with E-state index in [1.54, 1.807) is 0 Å². The summed E-state index contributed by atoms with van der Waals surface area (Å²) in [6.07, 6.45) is 15.4. The first kappa shape index (κ1) is 14.2. The van der Waals surface area contributed by atoms with Crippen LogP contribution in [0.5, 0.6) is 0 Å². The second-order valence-electron chi connectivity index (χ2n) is 4.01. The van der Waals surface area contributed by atoms with Gasteiger partial charge in [-0.1, -0.05) is 43.9 Å². The van der Waals surface area contributed by atoms with Crippen molar-refractivity contribution >= 4 is 12.2 Å². The molecule has 1 rings (SSSR count). The summed E-state index contributed by atoms with van der Waals surface area (Å²) in [6, 6.07) is 0. The summed E-state index contributed by atoms with van der Waals surface area (Å²) in [7, 11) is 0. The number of rotatable bonds is 6. The first-order valence-corrected chi connectivity index (χ1v) is 6.38. The summed E-state index contributed by atoms with van der Waals surface area (Å²) in [6.45, 7) is 10.8. The number of hydrogen-bond acceptors (Lipinski definition) is 1. The van der Waals surface area contributed by atoms with Crippen LogP contribution in [0.2, 0.25) is 0 Å². The van der Waals surface area contributed by atoms with Gasteiger partial charge in [-0.2, -0.15) is 0 Å². The van der Waals surface area contributed by atoms with Crippen LogP contribution >= 0.6 is 0 Å². The van der Waals surface area contributed by atoms with Crippen LogP contribution in [0, 0.1) is 6.92 Å². The maximum absolute atomic E-state index is 4.54. The van der Waals surface area contributed by atoms with E-state index in [0.717, 1.165) is 30.2 Å². The molecule has 96 valence electrons. The maximum atomic E-state index is 4.54. The molecule has 0 aromatic carbocycles. The average Bonchev–Trinajstić information content (AvgIpc) is 2.65. The lowest BCUT2D eigenvalue weighted by molar-refractivity contribution is 0.773. The lowest BCUT2D eigenvalue weighted by atomic mass is 10.3. The molecule has 0 aliphatic heterocycles. The van der Waals surface area contributed by atoms with Crippen molar-refractivity contribution in [2.75, 3.05) is 0 Å². The zero-order valence-corrected chi connectivity index (χ0v) is 11.6. The van der Waals surface area contributed by atoms with Gasteiger partial charge >= 0.3 is 0 Å². The fraction of sp³-hybridized carbons (Fsp3) is 0.312. The van der Waals surface area contributed by atoms with Gasteiger partial charge in [0.05, 0.1) is 11.4 Å². The van der Waals surface area contributed by atoms with E-state index in [0.29, 0.717) is 0 Å². The van der Waals surface area contributed by atoms with Crippen LogP contribution in [0.3, 0.4) is 0 Å². The van der Waals surface area contributed by atoms with Gasteiger partial charge in [0.2, 0.25) is 0 Å². The molecule has 2 nitrogen and oxygen atoms in total. The SMILES string of the molecule is C=Cc1c(/C=C\C)nc(C)n1C/C=C\C=C/CC. The number of allylic oxidation sites excluding steroid dienone is 5. The normalized spacial score (nSPS) is 12.2. The molecular weight excluding hydrogens is 220 g/mol. The molecule has 1 aromatic rings. The Balaban J connectivity index is 2.91. The lowest BCUT2D eigenvalue weighted by Gasteiger charge is -2.03. The van der Waals surface area contributed by atoms with Gasteiger partial charge < -0.3 is 4.57 Å². The molecular formula is C16H22N2. The summed E-state index contributed by atoms with van der Waals surface area (Å²) >= 11 is 0. The second kappa shape index (κ2) is 7.49. The topological polar surface area (TPSA) is 17.8 Å². The van der Waals surface area contributed by atoms with Crippen molar-refractivity contribution in [1.29, 1.82) is 0 Å². The van der Waals surface area contributed by atoms with Crippen LogP contribution in [-0.2, 0) is 6.54 Å². The summed E-state index contributed by atoms with van der Waals surface area (Å²) in [4.78, 5) is 4.54. The summed E-state index contributed by atoms with van der Waals surface area (Å²) in [5.74, 6) is 1.02. The van der Waals surface area contributed by atoms with E-state index < -0.39 is 0 Å². The third-order valence-corrected chi connectivity index (χ3v) is 2.65. The highest BCUT2D eigenvalue weighted by Crippen LogP contribution is 2.15. The molecule has 0 spiro atoms. The Kier molecular flexibility index (Phi) is 5.92. The van der Waals surface area contributed by atoms with Gasteiger partial charge in [-0.15, -0.1) is 0 Å². The number of aromatic nitrogens is 2. The van der Waals surface area contributed by atoms with Gasteiger partial charge in [0.1, 0.15) is 5.82 Å². The van der Waals surface area contributed by atoms with Crippen molar-refractivity contribution in [2.24, 2.45) is 0 Å². The molecule has 0 amide bonds. The highest BCUT2D eigenvalue weighted by molar-refractivity contribution is 5.59. The molecule has 0 aliphatic rings. The Morgan fingerprint density at radius 3 is 2.61 bits per heavy atom. The first-order valence-electron chi connectivity index (χ1n) is 6.38. The van der Waals surface area contributed by atoms with E-state index in [2.05, 4.69) is 47.4 Å². The van der Waals surface area contributed by atoms with Gasteiger partial charge in [0, 0.05) is 6.54 Å². The minimum absolute atomic E-state index is 0.825. The smallest absolute Gasteiger partial charge is 0.107 e. The predicted molar refractivity (Wildman–Crippen MR) is 80.3 cm³/mol. The molecule has 0 fully saturated rings. The van der Waals surface area contributed by atoms with Gasteiger partial charge in [-0.25, -0.2) is 4.98 Å². The molecule has 0 radical (unpaired) electrons. The van der Waals surface area contributed by atoms with E-state index in [-0.39, 0.29) is 0 Å². The fourth-order valence-corrected chi connectivity index (χ4v) is 1.79. The van der Waals surface area contributed by atoms with Crippen LogP contribution in [0.25, 0.3) is 12.2 Å².